The molecule has 0 aliphatic carbocycles. The summed E-state index contributed by atoms with van der Waals surface area (Å²) in [7, 11) is 0. The largest absolute Gasteiger partial charge is 0.435 e. The first-order chi connectivity index (χ1) is 8.29. The van der Waals surface area contributed by atoms with Gasteiger partial charge >= 0.3 is 11.9 Å². The van der Waals surface area contributed by atoms with Gasteiger partial charge in [-0.1, -0.05) is 13.8 Å². The van der Waals surface area contributed by atoms with Crippen LogP contribution in [0.25, 0.3) is 0 Å². The van der Waals surface area contributed by atoms with Crippen LogP contribution in [0.2, 0.25) is 0 Å². The highest BCUT2D eigenvalue weighted by Crippen LogP contribution is 2.49. The molecule has 0 amide bonds. The maximum atomic E-state index is 11.1. The molecule has 3 rings (SSSR count). The molecule has 0 radical (unpaired) electrons. The highest BCUT2D eigenvalue weighted by atomic mass is 16.8. The fourth-order valence-electron chi connectivity index (χ4n) is 2.56. The third-order valence-corrected chi connectivity index (χ3v) is 3.32. The number of carbonyl (C=O) groups is 2. The maximum absolute atomic E-state index is 11.1. The second-order valence-electron chi connectivity index (χ2n) is 5.38. The lowest BCUT2D eigenvalue weighted by molar-refractivity contribution is -0.413. The summed E-state index contributed by atoms with van der Waals surface area (Å²) in [4.78, 5) is 22.2. The van der Waals surface area contributed by atoms with Crippen molar-refractivity contribution in [1.29, 1.82) is 0 Å². The Balaban J connectivity index is 2.20. The van der Waals surface area contributed by atoms with Crippen molar-refractivity contribution in [3.05, 3.63) is 0 Å². The molecule has 3 heterocycles. The second-order valence-corrected chi connectivity index (χ2v) is 5.38. The number of esters is 2. The Bertz CT molecular complexity index is 338. The van der Waals surface area contributed by atoms with E-state index < -0.39 is 30.8 Å². The number of rotatable bonds is 2. The van der Waals surface area contributed by atoms with Crippen molar-refractivity contribution in [2.45, 2.75) is 53.0 Å². The Morgan fingerprint density at radius 1 is 1.06 bits per heavy atom. The minimum absolute atomic E-state index is 0.193. The Labute approximate surface area is 106 Å². The van der Waals surface area contributed by atoms with Gasteiger partial charge in [-0.05, 0) is 5.41 Å². The zero-order chi connectivity index (χ0) is 13.5. The molecule has 0 aromatic heterocycles. The van der Waals surface area contributed by atoms with E-state index in [-0.39, 0.29) is 11.3 Å². The van der Waals surface area contributed by atoms with Gasteiger partial charge in [-0.15, -0.1) is 0 Å². The summed E-state index contributed by atoms with van der Waals surface area (Å²) < 4.78 is 21.3. The van der Waals surface area contributed by atoms with Crippen LogP contribution in [0.3, 0.4) is 0 Å². The topological polar surface area (TPSA) is 71.1 Å². The molecule has 3 saturated heterocycles. The Morgan fingerprint density at radius 3 is 1.83 bits per heavy atom. The Morgan fingerprint density at radius 2 is 1.50 bits per heavy atom. The predicted molar refractivity (Wildman–Crippen MR) is 59.0 cm³/mol. The molecular formula is C12H18O6. The van der Waals surface area contributed by atoms with Crippen LogP contribution in [0.15, 0.2) is 0 Å². The summed E-state index contributed by atoms with van der Waals surface area (Å²) in [5.41, 5.74) is -0.193. The van der Waals surface area contributed by atoms with E-state index in [1.165, 1.54) is 13.8 Å². The van der Waals surface area contributed by atoms with E-state index in [1.54, 1.807) is 0 Å². The van der Waals surface area contributed by atoms with Crippen molar-refractivity contribution < 1.29 is 28.5 Å². The van der Waals surface area contributed by atoms with E-state index in [0.717, 1.165) is 0 Å². The molecule has 18 heavy (non-hydrogen) atoms. The van der Waals surface area contributed by atoms with Crippen molar-refractivity contribution >= 4 is 11.9 Å². The van der Waals surface area contributed by atoms with Gasteiger partial charge in [0.05, 0.1) is 5.92 Å². The van der Waals surface area contributed by atoms with Gasteiger partial charge in [-0.25, -0.2) is 0 Å². The van der Waals surface area contributed by atoms with Crippen LogP contribution < -0.4 is 0 Å². The van der Waals surface area contributed by atoms with E-state index in [9.17, 15) is 9.59 Å². The lowest BCUT2D eigenvalue weighted by Crippen LogP contribution is -2.60. The smallest absolute Gasteiger partial charge is 0.304 e. The van der Waals surface area contributed by atoms with Crippen molar-refractivity contribution in [2.24, 2.45) is 11.3 Å². The molecule has 6 nitrogen and oxygen atoms in total. The van der Waals surface area contributed by atoms with Crippen LogP contribution in [0.5, 0.6) is 0 Å². The first-order valence-corrected chi connectivity index (χ1v) is 5.95. The normalized spacial score (nSPS) is 37.1. The summed E-state index contributed by atoms with van der Waals surface area (Å²) in [5.74, 6) is -1.18. The third kappa shape index (κ3) is 2.49. The van der Waals surface area contributed by atoms with Gasteiger partial charge < -0.3 is 18.9 Å². The maximum Gasteiger partial charge on any atom is 0.304 e. The number of ether oxygens (including phenoxy) is 4. The summed E-state index contributed by atoms with van der Waals surface area (Å²) in [6.07, 6.45) is -1.30. The molecular weight excluding hydrogens is 240 g/mol. The fourth-order valence-corrected chi connectivity index (χ4v) is 2.56. The van der Waals surface area contributed by atoms with Crippen LogP contribution in [-0.4, -0.2) is 30.8 Å². The summed E-state index contributed by atoms with van der Waals surface area (Å²) in [6, 6.07) is 0. The molecule has 6 heteroatoms. The van der Waals surface area contributed by atoms with Crippen LogP contribution in [-0.2, 0) is 28.5 Å². The summed E-state index contributed by atoms with van der Waals surface area (Å²) in [6.45, 7) is 6.67. The van der Waals surface area contributed by atoms with Gasteiger partial charge in [0.25, 0.3) is 0 Å². The predicted octanol–water partition coefficient (Wildman–Crippen LogP) is 1.18. The molecule has 3 aliphatic rings. The average Bonchev–Trinajstić information content (AvgIpc) is 2.11. The van der Waals surface area contributed by atoms with Gasteiger partial charge in [-0.2, -0.15) is 0 Å². The molecule has 3 fully saturated rings. The van der Waals surface area contributed by atoms with Crippen molar-refractivity contribution in [3.8, 4) is 0 Å². The lowest BCUT2D eigenvalue weighted by Gasteiger charge is -2.53. The number of carbonyl (C=O) groups excluding carboxylic acids is 2. The van der Waals surface area contributed by atoms with Gasteiger partial charge in [0.15, 0.2) is 6.29 Å². The lowest BCUT2D eigenvalue weighted by atomic mass is 9.71. The molecule has 2 bridgehead atoms. The first kappa shape index (κ1) is 13.3. The molecule has 0 aromatic carbocycles. The van der Waals surface area contributed by atoms with Crippen molar-refractivity contribution in [2.75, 3.05) is 0 Å². The number of hydrogen-bond donors (Lipinski definition) is 0. The van der Waals surface area contributed by atoms with Gasteiger partial charge in [0, 0.05) is 20.3 Å². The van der Waals surface area contributed by atoms with E-state index in [0.29, 0.717) is 6.42 Å². The summed E-state index contributed by atoms with van der Waals surface area (Å²) in [5, 5.41) is 0. The van der Waals surface area contributed by atoms with E-state index in [1.807, 2.05) is 13.8 Å². The first-order valence-electron chi connectivity index (χ1n) is 5.95. The van der Waals surface area contributed by atoms with Gasteiger partial charge in [0.1, 0.15) is 0 Å². The zero-order valence-corrected chi connectivity index (χ0v) is 11.0. The van der Waals surface area contributed by atoms with Crippen LogP contribution >= 0.6 is 0 Å². The highest BCUT2D eigenvalue weighted by Gasteiger charge is 2.57. The average molecular weight is 258 g/mol. The quantitative estimate of drug-likeness (QED) is 0.693. The minimum Gasteiger partial charge on any atom is -0.435 e. The number of fused-ring (bicyclic) bond motifs is 3. The van der Waals surface area contributed by atoms with E-state index in [4.69, 9.17) is 18.9 Å². The molecule has 2 atom stereocenters. The molecule has 102 valence electrons. The Hall–Kier alpha value is -1.14. The van der Waals surface area contributed by atoms with Gasteiger partial charge in [0.2, 0.25) is 12.6 Å². The second kappa shape index (κ2) is 4.51. The molecule has 0 unspecified atom stereocenters. The van der Waals surface area contributed by atoms with Crippen LogP contribution in [0.4, 0.5) is 0 Å². The number of hydrogen-bond acceptors (Lipinski definition) is 6. The monoisotopic (exact) mass is 258 g/mol. The standard InChI is InChI=1S/C12H18O6/c1-6(13)15-10-9-11(16-7(2)14)18-8(17-10)5-12(9,3)4/h8-11H,5H2,1-4H3/t8?,9?,10-,11-/m1/s1. The minimum atomic E-state index is -0.727. The zero-order valence-electron chi connectivity index (χ0n) is 11.0. The van der Waals surface area contributed by atoms with Crippen LogP contribution in [0, 0.1) is 11.3 Å². The van der Waals surface area contributed by atoms with E-state index in [2.05, 4.69) is 0 Å². The highest BCUT2D eigenvalue weighted by molar-refractivity contribution is 5.66. The molecule has 0 saturated carbocycles. The third-order valence-electron chi connectivity index (χ3n) is 3.32. The molecule has 0 aromatic rings. The molecule has 3 aliphatic heterocycles. The molecule has 0 spiro atoms. The fraction of sp³-hybridized carbons (Fsp3) is 0.833. The van der Waals surface area contributed by atoms with Gasteiger partial charge in [-0.3, -0.25) is 9.59 Å². The SMILES string of the molecule is CC(=O)O[C@@H]1OC2CC(C)(C)C1[C@H](OC(C)=O)O2. The Kier molecular flexibility index (Phi) is 3.33. The van der Waals surface area contributed by atoms with Crippen LogP contribution in [0.1, 0.15) is 34.1 Å². The van der Waals surface area contributed by atoms with E-state index >= 15 is 0 Å². The summed E-state index contributed by atoms with van der Waals surface area (Å²) >= 11 is 0. The van der Waals surface area contributed by atoms with Crippen molar-refractivity contribution in [3.63, 3.8) is 0 Å². The van der Waals surface area contributed by atoms with Crippen molar-refractivity contribution in [1.82, 2.24) is 0 Å². The molecule has 0 N–H and O–H groups in total.